The summed E-state index contributed by atoms with van der Waals surface area (Å²) in [5.74, 6) is -1.02. The van der Waals surface area contributed by atoms with E-state index in [1.807, 2.05) is 0 Å². The molecule has 0 saturated carbocycles. The quantitative estimate of drug-likeness (QED) is 0.622. The first-order valence-electron chi connectivity index (χ1n) is 6.65. The second-order valence-electron chi connectivity index (χ2n) is 5.05. The van der Waals surface area contributed by atoms with Gasteiger partial charge in [0.15, 0.2) is 0 Å². The van der Waals surface area contributed by atoms with Gasteiger partial charge in [0, 0.05) is 0 Å². The third-order valence-electron chi connectivity index (χ3n) is 3.42. The summed E-state index contributed by atoms with van der Waals surface area (Å²) in [6, 6.07) is 7.64. The zero-order valence-corrected chi connectivity index (χ0v) is 11.3. The lowest BCUT2D eigenvalue weighted by molar-refractivity contribution is -0.137. The topological polar surface area (TPSA) is 110 Å². The van der Waals surface area contributed by atoms with E-state index in [0.717, 1.165) is 0 Å². The lowest BCUT2D eigenvalue weighted by Gasteiger charge is -2.22. The van der Waals surface area contributed by atoms with Crippen LogP contribution in [0.3, 0.4) is 0 Å². The van der Waals surface area contributed by atoms with Crippen LogP contribution >= 0.6 is 0 Å². The Labute approximate surface area is 121 Å². The fraction of sp³-hybridized carbons (Fsp3) is 0.429. The number of benzene rings is 1. The number of likely N-dealkylation sites (tertiary alicyclic amines) is 1. The fourth-order valence-corrected chi connectivity index (χ4v) is 2.29. The molecule has 2 amide bonds. The van der Waals surface area contributed by atoms with Crippen molar-refractivity contribution in [1.29, 1.82) is 0 Å². The Kier molecular flexibility index (Phi) is 4.77. The normalized spacial score (nSPS) is 22.9. The van der Waals surface area contributed by atoms with Crippen LogP contribution in [0.1, 0.15) is 18.0 Å². The molecule has 0 aliphatic carbocycles. The lowest BCUT2D eigenvalue weighted by atomic mass is 10.0. The van der Waals surface area contributed by atoms with Crippen molar-refractivity contribution >= 4 is 12.0 Å². The molecule has 1 aliphatic heterocycles. The minimum atomic E-state index is -1.02. The predicted octanol–water partition coefficient (Wildman–Crippen LogP) is -0.0506. The second kappa shape index (κ2) is 6.55. The van der Waals surface area contributed by atoms with Gasteiger partial charge in [0.2, 0.25) is 0 Å². The maximum atomic E-state index is 12.1. The molecule has 2 rings (SSSR count). The molecule has 1 saturated heterocycles. The number of amides is 2. The highest BCUT2D eigenvalue weighted by Crippen LogP contribution is 2.18. The van der Waals surface area contributed by atoms with Gasteiger partial charge < -0.3 is 25.5 Å². The number of aliphatic hydroxyl groups is 2. The number of aliphatic carboxylic acids is 1. The number of carboxylic acid groups (broad SMARTS) is 1. The Balaban J connectivity index is 2.05. The Morgan fingerprint density at radius 2 is 1.76 bits per heavy atom. The number of hydrogen-bond donors (Lipinski definition) is 4. The molecule has 0 radical (unpaired) electrons. The maximum Gasteiger partial charge on any atom is 0.318 e. The van der Waals surface area contributed by atoms with Crippen molar-refractivity contribution in [3.8, 4) is 0 Å². The number of nitrogens with one attached hydrogen (secondary N) is 1. The number of carboxylic acids is 1. The summed E-state index contributed by atoms with van der Waals surface area (Å²) >= 11 is 0. The van der Waals surface area contributed by atoms with Gasteiger partial charge in [-0.2, -0.15) is 0 Å². The van der Waals surface area contributed by atoms with Gasteiger partial charge in [-0.25, -0.2) is 4.79 Å². The molecule has 7 nitrogen and oxygen atoms in total. The van der Waals surface area contributed by atoms with Gasteiger partial charge in [0.1, 0.15) is 0 Å². The van der Waals surface area contributed by atoms with Crippen LogP contribution in [0, 0.1) is 0 Å². The number of carbonyl (C=O) groups is 2. The number of hydrogen-bond acceptors (Lipinski definition) is 4. The smallest absolute Gasteiger partial charge is 0.318 e. The van der Waals surface area contributed by atoms with Crippen molar-refractivity contribution in [2.24, 2.45) is 0 Å². The largest absolute Gasteiger partial charge is 0.481 e. The Morgan fingerprint density at radius 1 is 1.19 bits per heavy atom. The van der Waals surface area contributed by atoms with Gasteiger partial charge in [0.25, 0.3) is 0 Å². The first kappa shape index (κ1) is 15.3. The molecule has 1 fully saturated rings. The molecule has 1 aliphatic rings. The van der Waals surface area contributed by atoms with E-state index in [4.69, 9.17) is 5.11 Å². The zero-order chi connectivity index (χ0) is 15.4. The first-order chi connectivity index (χ1) is 9.97. The number of β-amino-alcohol motifs (C(OH)–C–C–N with tert-alkyl or cyclic N) is 2. The molecule has 7 heteroatoms. The molecule has 3 unspecified atom stereocenters. The number of rotatable bonds is 4. The minimum absolute atomic E-state index is 0.0293. The van der Waals surface area contributed by atoms with E-state index < -0.39 is 30.3 Å². The van der Waals surface area contributed by atoms with Crippen molar-refractivity contribution in [3.05, 3.63) is 35.9 Å². The lowest BCUT2D eigenvalue weighted by Crippen LogP contribution is -2.41. The van der Waals surface area contributed by atoms with Gasteiger partial charge in [-0.1, -0.05) is 30.3 Å². The molecule has 0 spiro atoms. The van der Waals surface area contributed by atoms with Crippen LogP contribution in [0.5, 0.6) is 0 Å². The molecular weight excluding hydrogens is 276 g/mol. The van der Waals surface area contributed by atoms with Gasteiger partial charge >= 0.3 is 12.0 Å². The van der Waals surface area contributed by atoms with Crippen molar-refractivity contribution in [1.82, 2.24) is 10.2 Å². The zero-order valence-electron chi connectivity index (χ0n) is 11.3. The predicted molar refractivity (Wildman–Crippen MR) is 73.6 cm³/mol. The standard InChI is InChI=1S/C14H18N2O5/c17-11-7-16(8-12(11)18)14(21)15-10(6-13(19)20)9-4-2-1-3-5-9/h1-5,10-12,17-18H,6-8H2,(H,15,21)(H,19,20). The summed E-state index contributed by atoms with van der Waals surface area (Å²) in [4.78, 5) is 24.3. The van der Waals surface area contributed by atoms with Gasteiger partial charge in [-0.3, -0.25) is 4.79 Å². The SMILES string of the molecule is O=C(O)CC(NC(=O)N1CC(O)C(O)C1)c1ccccc1. The van der Waals surface area contributed by atoms with Crippen LogP contribution in [-0.2, 0) is 4.79 Å². The molecule has 3 atom stereocenters. The van der Waals surface area contributed by atoms with Crippen molar-refractivity contribution in [2.45, 2.75) is 24.7 Å². The highest BCUT2D eigenvalue weighted by Gasteiger charge is 2.33. The van der Waals surface area contributed by atoms with E-state index in [0.29, 0.717) is 5.56 Å². The van der Waals surface area contributed by atoms with Crippen LogP contribution in [0.4, 0.5) is 4.79 Å². The van der Waals surface area contributed by atoms with E-state index in [9.17, 15) is 19.8 Å². The van der Waals surface area contributed by atoms with E-state index in [1.54, 1.807) is 30.3 Å². The summed E-state index contributed by atoms with van der Waals surface area (Å²) in [5, 5.41) is 30.5. The van der Waals surface area contributed by atoms with Gasteiger partial charge in [-0.05, 0) is 5.56 Å². The fourth-order valence-electron chi connectivity index (χ4n) is 2.29. The van der Waals surface area contributed by atoms with Crippen LogP contribution in [0.15, 0.2) is 30.3 Å². The van der Waals surface area contributed by atoms with Crippen molar-refractivity contribution in [3.63, 3.8) is 0 Å². The number of carbonyl (C=O) groups excluding carboxylic acids is 1. The second-order valence-corrected chi connectivity index (χ2v) is 5.05. The van der Waals surface area contributed by atoms with Crippen LogP contribution in [0.2, 0.25) is 0 Å². The third-order valence-corrected chi connectivity index (χ3v) is 3.42. The van der Waals surface area contributed by atoms with Crippen molar-refractivity contribution < 1.29 is 24.9 Å². The van der Waals surface area contributed by atoms with E-state index in [1.165, 1.54) is 4.90 Å². The van der Waals surface area contributed by atoms with Gasteiger partial charge in [-0.15, -0.1) is 0 Å². The number of aliphatic hydroxyl groups excluding tert-OH is 2. The summed E-state index contributed by atoms with van der Waals surface area (Å²) in [5.41, 5.74) is 0.688. The summed E-state index contributed by atoms with van der Waals surface area (Å²) < 4.78 is 0. The first-order valence-corrected chi connectivity index (χ1v) is 6.65. The highest BCUT2D eigenvalue weighted by molar-refractivity contribution is 5.76. The molecule has 21 heavy (non-hydrogen) atoms. The monoisotopic (exact) mass is 294 g/mol. The highest BCUT2D eigenvalue weighted by atomic mass is 16.4. The molecule has 0 aromatic heterocycles. The van der Waals surface area contributed by atoms with Crippen LogP contribution < -0.4 is 5.32 Å². The molecular formula is C14H18N2O5. The molecule has 0 bridgehead atoms. The van der Waals surface area contributed by atoms with E-state index >= 15 is 0 Å². The summed E-state index contributed by atoms with van der Waals surface area (Å²) in [6.45, 7) is 0.0587. The van der Waals surface area contributed by atoms with Crippen LogP contribution in [-0.4, -0.2) is 57.5 Å². The van der Waals surface area contributed by atoms with E-state index in [2.05, 4.69) is 5.32 Å². The number of nitrogens with zero attached hydrogens (tertiary/aromatic N) is 1. The molecule has 1 aromatic carbocycles. The molecule has 1 aromatic rings. The Hall–Kier alpha value is -2.12. The average molecular weight is 294 g/mol. The molecule has 4 N–H and O–H groups in total. The molecule has 1 heterocycles. The maximum absolute atomic E-state index is 12.1. The Bertz CT molecular complexity index is 497. The third kappa shape index (κ3) is 3.93. The van der Waals surface area contributed by atoms with E-state index in [-0.39, 0.29) is 19.5 Å². The number of urea groups is 1. The minimum Gasteiger partial charge on any atom is -0.481 e. The molecule has 114 valence electrons. The van der Waals surface area contributed by atoms with Crippen LogP contribution in [0.25, 0.3) is 0 Å². The van der Waals surface area contributed by atoms with Crippen molar-refractivity contribution in [2.75, 3.05) is 13.1 Å². The summed E-state index contributed by atoms with van der Waals surface area (Å²) in [7, 11) is 0. The Morgan fingerprint density at radius 3 is 2.29 bits per heavy atom. The van der Waals surface area contributed by atoms with Gasteiger partial charge in [0.05, 0.1) is 37.8 Å². The average Bonchev–Trinajstić information content (AvgIpc) is 2.78. The summed E-state index contributed by atoms with van der Waals surface area (Å²) in [6.07, 6.45) is -2.18.